The second kappa shape index (κ2) is 5.58. The van der Waals surface area contributed by atoms with Gasteiger partial charge in [0, 0.05) is 13.2 Å². The summed E-state index contributed by atoms with van der Waals surface area (Å²) in [6.45, 7) is 0.0587. The lowest BCUT2D eigenvalue weighted by atomic mass is 10.3. The van der Waals surface area contributed by atoms with Crippen LogP contribution in [0.15, 0.2) is 41.4 Å². The predicted molar refractivity (Wildman–Crippen MR) is 89.9 cm³/mol. The summed E-state index contributed by atoms with van der Waals surface area (Å²) in [6, 6.07) is 8.52. The van der Waals surface area contributed by atoms with Crippen molar-refractivity contribution in [3.05, 3.63) is 42.4 Å². The maximum absolute atomic E-state index is 12.6. The zero-order chi connectivity index (χ0) is 16.7. The van der Waals surface area contributed by atoms with Crippen LogP contribution in [0.3, 0.4) is 0 Å². The molecule has 0 saturated heterocycles. The average molecular weight is 360 g/mol. The van der Waals surface area contributed by atoms with Crippen LogP contribution in [0, 0.1) is 0 Å². The molecule has 0 atom stereocenters. The number of hydrogen-bond acceptors (Lipinski definition) is 7. The Balaban J connectivity index is 1.67. The lowest BCUT2D eigenvalue weighted by Crippen LogP contribution is -2.25. The topological polar surface area (TPSA) is 103 Å². The number of nitrogens with zero attached hydrogens (tertiary/aromatic N) is 5. The van der Waals surface area contributed by atoms with Crippen molar-refractivity contribution < 1.29 is 8.42 Å². The molecule has 24 heavy (non-hydrogen) atoms. The van der Waals surface area contributed by atoms with Crippen molar-refractivity contribution in [1.82, 2.24) is 28.0 Å². The van der Waals surface area contributed by atoms with Crippen LogP contribution in [0.4, 0.5) is 0 Å². The number of imidazole rings is 1. The zero-order valence-electron chi connectivity index (χ0n) is 12.5. The first-order valence-corrected chi connectivity index (χ1v) is 9.25. The molecule has 1 N–H and O–H groups in total. The number of fused-ring (bicyclic) bond motifs is 2. The third-order valence-electron chi connectivity index (χ3n) is 3.68. The quantitative estimate of drug-likeness (QED) is 0.591. The number of sulfonamides is 1. The van der Waals surface area contributed by atoms with Crippen LogP contribution in [-0.2, 0) is 23.6 Å². The zero-order valence-corrected chi connectivity index (χ0v) is 14.2. The van der Waals surface area contributed by atoms with Gasteiger partial charge in [-0.15, -0.1) is 0 Å². The molecule has 4 aromatic rings. The van der Waals surface area contributed by atoms with Crippen molar-refractivity contribution in [3.8, 4) is 0 Å². The van der Waals surface area contributed by atoms with Gasteiger partial charge in [-0.2, -0.15) is 8.75 Å². The molecule has 122 valence electrons. The van der Waals surface area contributed by atoms with Crippen molar-refractivity contribution in [2.24, 2.45) is 7.05 Å². The molecular weight excluding hydrogens is 348 g/mol. The highest BCUT2D eigenvalue weighted by Gasteiger charge is 2.20. The summed E-state index contributed by atoms with van der Waals surface area (Å²) in [4.78, 5) is 8.77. The monoisotopic (exact) mass is 360 g/mol. The predicted octanol–water partition coefficient (Wildman–Crippen LogP) is 1.45. The third kappa shape index (κ3) is 2.44. The fourth-order valence-electron chi connectivity index (χ4n) is 2.46. The minimum Gasteiger partial charge on any atom is -0.315 e. The van der Waals surface area contributed by atoms with Gasteiger partial charge in [0.05, 0.1) is 18.3 Å². The smallest absolute Gasteiger partial charge is 0.243 e. The first-order chi connectivity index (χ1) is 11.6. The molecule has 3 aromatic heterocycles. The number of nitrogens with one attached hydrogen (secondary N) is 1. The minimum atomic E-state index is -3.73. The van der Waals surface area contributed by atoms with E-state index in [1.807, 2.05) is 6.07 Å². The maximum atomic E-state index is 12.6. The van der Waals surface area contributed by atoms with Crippen molar-refractivity contribution >= 4 is 43.9 Å². The molecule has 1 aromatic carbocycles. The fraction of sp³-hybridized carbons (Fsp3) is 0.143. The summed E-state index contributed by atoms with van der Waals surface area (Å²) in [5, 5.41) is 0. The van der Waals surface area contributed by atoms with E-state index in [9.17, 15) is 8.42 Å². The van der Waals surface area contributed by atoms with Gasteiger partial charge in [-0.1, -0.05) is 6.07 Å². The standard InChI is InChI=1S/C14H12N6O2S2/c1-20-12(17-10-5-3-7-15-14(10)20)8-16-24(21,22)11-6-2-4-9-13(11)19-23-18-9/h2-7,16H,8H2,1H3. The van der Waals surface area contributed by atoms with E-state index in [1.165, 1.54) is 6.07 Å². The molecule has 0 aliphatic carbocycles. The van der Waals surface area contributed by atoms with Gasteiger partial charge in [0.25, 0.3) is 0 Å². The van der Waals surface area contributed by atoms with Crippen LogP contribution in [-0.4, -0.2) is 31.7 Å². The molecule has 0 fully saturated rings. The first-order valence-electron chi connectivity index (χ1n) is 7.03. The Morgan fingerprint density at radius 2 is 2.00 bits per heavy atom. The van der Waals surface area contributed by atoms with Gasteiger partial charge in [-0.3, -0.25) is 0 Å². The van der Waals surface area contributed by atoms with Gasteiger partial charge in [0.1, 0.15) is 27.3 Å². The van der Waals surface area contributed by atoms with E-state index in [2.05, 4.69) is 23.4 Å². The van der Waals surface area contributed by atoms with Crippen LogP contribution >= 0.6 is 11.7 Å². The molecule has 10 heteroatoms. The first kappa shape index (κ1) is 15.1. The summed E-state index contributed by atoms with van der Waals surface area (Å²) >= 11 is 0.986. The number of aryl methyl sites for hydroxylation is 1. The van der Waals surface area contributed by atoms with E-state index in [0.29, 0.717) is 22.5 Å². The normalized spacial score (nSPS) is 12.2. The van der Waals surface area contributed by atoms with E-state index >= 15 is 0 Å². The van der Waals surface area contributed by atoms with E-state index in [0.717, 1.165) is 17.2 Å². The Kier molecular flexibility index (Phi) is 3.52. The molecule has 0 saturated carbocycles. The molecule has 0 aliphatic heterocycles. The summed E-state index contributed by atoms with van der Waals surface area (Å²) in [5.74, 6) is 0.579. The number of hydrogen-bond donors (Lipinski definition) is 1. The summed E-state index contributed by atoms with van der Waals surface area (Å²) in [7, 11) is -1.93. The maximum Gasteiger partial charge on any atom is 0.243 e. The van der Waals surface area contributed by atoms with Crippen LogP contribution in [0.5, 0.6) is 0 Å². The Bertz CT molecular complexity index is 1150. The molecule has 8 nitrogen and oxygen atoms in total. The van der Waals surface area contributed by atoms with Gasteiger partial charge >= 0.3 is 0 Å². The molecule has 0 aliphatic rings. The third-order valence-corrected chi connectivity index (χ3v) is 5.65. The largest absolute Gasteiger partial charge is 0.315 e. The van der Waals surface area contributed by atoms with Crippen molar-refractivity contribution in [3.63, 3.8) is 0 Å². The van der Waals surface area contributed by atoms with E-state index < -0.39 is 10.0 Å². The van der Waals surface area contributed by atoms with E-state index in [-0.39, 0.29) is 11.4 Å². The molecule has 0 bridgehead atoms. The van der Waals surface area contributed by atoms with Gasteiger partial charge < -0.3 is 4.57 Å². The Morgan fingerprint density at radius 1 is 1.17 bits per heavy atom. The molecule has 0 spiro atoms. The average Bonchev–Trinajstić information content (AvgIpc) is 3.18. The number of pyridine rings is 1. The summed E-state index contributed by atoms with van der Waals surface area (Å²) in [5.41, 5.74) is 2.37. The van der Waals surface area contributed by atoms with Crippen LogP contribution in [0.1, 0.15) is 5.82 Å². The second-order valence-corrected chi connectivity index (χ2v) is 7.41. The van der Waals surface area contributed by atoms with Crippen molar-refractivity contribution in [2.45, 2.75) is 11.4 Å². The molecule has 4 rings (SSSR count). The number of rotatable bonds is 4. The Labute approximate surface area is 141 Å². The highest BCUT2D eigenvalue weighted by molar-refractivity contribution is 7.89. The Morgan fingerprint density at radius 3 is 2.83 bits per heavy atom. The van der Waals surface area contributed by atoms with Crippen molar-refractivity contribution in [1.29, 1.82) is 0 Å². The van der Waals surface area contributed by atoms with Gasteiger partial charge in [-0.05, 0) is 24.3 Å². The lowest BCUT2D eigenvalue weighted by Gasteiger charge is -2.07. The molecular formula is C14H12N6O2S2. The number of aromatic nitrogens is 5. The highest BCUT2D eigenvalue weighted by Crippen LogP contribution is 2.21. The van der Waals surface area contributed by atoms with E-state index in [1.54, 1.807) is 36.0 Å². The molecule has 0 amide bonds. The summed E-state index contributed by atoms with van der Waals surface area (Å²) in [6.07, 6.45) is 1.67. The van der Waals surface area contributed by atoms with Gasteiger partial charge in [-0.25, -0.2) is 23.1 Å². The molecule has 3 heterocycles. The lowest BCUT2D eigenvalue weighted by molar-refractivity contribution is 0.578. The van der Waals surface area contributed by atoms with Gasteiger partial charge in [0.15, 0.2) is 5.65 Å². The SMILES string of the molecule is Cn1c(CNS(=O)(=O)c2cccc3nsnc23)nc2cccnc21. The van der Waals surface area contributed by atoms with Gasteiger partial charge in [0.2, 0.25) is 10.0 Å². The molecule has 0 unspecified atom stereocenters. The minimum absolute atomic E-state index is 0.0587. The van der Waals surface area contributed by atoms with Crippen molar-refractivity contribution in [2.75, 3.05) is 0 Å². The van der Waals surface area contributed by atoms with E-state index in [4.69, 9.17) is 0 Å². The van der Waals surface area contributed by atoms with Crippen LogP contribution < -0.4 is 4.72 Å². The van der Waals surface area contributed by atoms with Crippen LogP contribution in [0.2, 0.25) is 0 Å². The second-order valence-electron chi connectivity index (χ2n) is 5.15. The Hall–Kier alpha value is -2.43. The van der Waals surface area contributed by atoms with Crippen LogP contribution in [0.25, 0.3) is 22.2 Å². The summed E-state index contributed by atoms with van der Waals surface area (Å²) < 4.78 is 37.7. The number of benzene rings is 1. The highest BCUT2D eigenvalue weighted by atomic mass is 32.2. The molecule has 0 radical (unpaired) electrons. The fourth-order valence-corrected chi connectivity index (χ4v) is 4.21.